The van der Waals surface area contributed by atoms with E-state index in [0.717, 1.165) is 24.3 Å². The van der Waals surface area contributed by atoms with Gasteiger partial charge in [-0.2, -0.15) is 0 Å². The van der Waals surface area contributed by atoms with Crippen molar-refractivity contribution in [3.63, 3.8) is 0 Å². The molecule has 1 aromatic rings. The van der Waals surface area contributed by atoms with Gasteiger partial charge in [-0.25, -0.2) is 0 Å². The Bertz CT molecular complexity index is 411. The number of hydrogen-bond donors (Lipinski definition) is 3. The summed E-state index contributed by atoms with van der Waals surface area (Å²) in [5.41, 5.74) is 1.95. The van der Waals surface area contributed by atoms with Gasteiger partial charge in [0.15, 0.2) is 0 Å². The maximum Gasteiger partial charge on any atom is 0.132 e. The van der Waals surface area contributed by atoms with Crippen LogP contribution >= 0.6 is 23.2 Å². The third-order valence-electron chi connectivity index (χ3n) is 3.02. The van der Waals surface area contributed by atoms with Gasteiger partial charge < -0.3 is 5.32 Å². The Hall–Kier alpha value is -0.480. The summed E-state index contributed by atoms with van der Waals surface area (Å²) in [6.07, 6.45) is 0.0282. The Morgan fingerprint density at radius 3 is 2.06 bits per heavy atom. The fourth-order valence-electron chi connectivity index (χ4n) is 1.90. The highest BCUT2D eigenvalue weighted by atomic mass is 35.5. The van der Waals surface area contributed by atoms with E-state index in [1.165, 1.54) is 0 Å². The van der Waals surface area contributed by atoms with Crippen molar-refractivity contribution in [1.29, 1.82) is 0 Å². The molecule has 3 nitrogen and oxygen atoms in total. The van der Waals surface area contributed by atoms with Crippen molar-refractivity contribution in [2.75, 3.05) is 18.4 Å². The summed E-state index contributed by atoms with van der Waals surface area (Å²) in [6, 6.07) is 3.95. The number of hydrogen-bond acceptors (Lipinski definition) is 3. The van der Waals surface area contributed by atoms with Crippen LogP contribution in [0.25, 0.3) is 0 Å². The fraction of sp³-hybridized carbons (Fsp3) is 0.538. The SMILES string of the molecule is CC(C)(C)c1cc(Cl)c(NC2NCCN2)c(Cl)c1. The first-order chi connectivity index (χ1) is 8.38. The topological polar surface area (TPSA) is 36.1 Å². The summed E-state index contributed by atoms with van der Waals surface area (Å²) in [4.78, 5) is 0. The van der Waals surface area contributed by atoms with Crippen molar-refractivity contribution < 1.29 is 0 Å². The summed E-state index contributed by atoms with van der Waals surface area (Å²) in [5, 5.41) is 11.1. The van der Waals surface area contributed by atoms with Crippen molar-refractivity contribution in [3.05, 3.63) is 27.7 Å². The molecular weight excluding hydrogens is 269 g/mol. The summed E-state index contributed by atoms with van der Waals surface area (Å²) in [6.45, 7) is 8.30. The van der Waals surface area contributed by atoms with E-state index >= 15 is 0 Å². The molecule has 0 spiro atoms. The number of rotatable bonds is 2. The lowest BCUT2D eigenvalue weighted by molar-refractivity contribution is 0.590. The fourth-order valence-corrected chi connectivity index (χ4v) is 2.49. The predicted octanol–water partition coefficient (Wildman–Crippen LogP) is 3.18. The Morgan fingerprint density at radius 1 is 1.11 bits per heavy atom. The largest absolute Gasteiger partial charge is 0.355 e. The molecule has 1 heterocycles. The molecule has 0 radical (unpaired) electrons. The summed E-state index contributed by atoms with van der Waals surface area (Å²) < 4.78 is 0. The van der Waals surface area contributed by atoms with Gasteiger partial charge in [0.2, 0.25) is 0 Å². The molecular formula is C13H19Cl2N3. The van der Waals surface area contributed by atoms with E-state index in [1.54, 1.807) is 0 Å². The number of halogens is 2. The van der Waals surface area contributed by atoms with E-state index in [1.807, 2.05) is 12.1 Å². The molecule has 0 aliphatic carbocycles. The third-order valence-corrected chi connectivity index (χ3v) is 3.61. The molecule has 18 heavy (non-hydrogen) atoms. The molecule has 2 rings (SSSR count). The van der Waals surface area contributed by atoms with Crippen LogP contribution in [0.1, 0.15) is 26.3 Å². The molecule has 0 bridgehead atoms. The van der Waals surface area contributed by atoms with E-state index in [2.05, 4.69) is 36.7 Å². The molecule has 1 fully saturated rings. The van der Waals surface area contributed by atoms with Crippen LogP contribution in [0.5, 0.6) is 0 Å². The summed E-state index contributed by atoms with van der Waals surface area (Å²) in [5.74, 6) is 0. The second-order valence-electron chi connectivity index (χ2n) is 5.55. The van der Waals surface area contributed by atoms with Crippen LogP contribution < -0.4 is 16.0 Å². The van der Waals surface area contributed by atoms with Crippen molar-refractivity contribution in [2.24, 2.45) is 0 Å². The van der Waals surface area contributed by atoms with Crippen LogP contribution in [0.4, 0.5) is 5.69 Å². The average Bonchev–Trinajstić information content (AvgIpc) is 2.74. The van der Waals surface area contributed by atoms with Gasteiger partial charge in [0.05, 0.1) is 15.7 Å². The molecule has 1 aromatic carbocycles. The Labute approximate surface area is 118 Å². The van der Waals surface area contributed by atoms with Gasteiger partial charge >= 0.3 is 0 Å². The van der Waals surface area contributed by atoms with E-state index in [4.69, 9.17) is 23.2 Å². The normalized spacial score (nSPS) is 17.2. The maximum atomic E-state index is 6.32. The Kier molecular flexibility index (Phi) is 4.07. The van der Waals surface area contributed by atoms with Crippen molar-refractivity contribution in [3.8, 4) is 0 Å². The molecule has 3 N–H and O–H groups in total. The second kappa shape index (κ2) is 5.25. The van der Waals surface area contributed by atoms with Crippen molar-refractivity contribution in [1.82, 2.24) is 10.6 Å². The van der Waals surface area contributed by atoms with Gasteiger partial charge in [0.1, 0.15) is 6.29 Å². The molecule has 0 atom stereocenters. The minimum Gasteiger partial charge on any atom is -0.355 e. The van der Waals surface area contributed by atoms with E-state index in [0.29, 0.717) is 10.0 Å². The quantitative estimate of drug-likeness (QED) is 0.782. The lowest BCUT2D eigenvalue weighted by Crippen LogP contribution is -2.39. The Balaban J connectivity index is 2.26. The van der Waals surface area contributed by atoms with Crippen LogP contribution in [0.3, 0.4) is 0 Å². The summed E-state index contributed by atoms with van der Waals surface area (Å²) in [7, 11) is 0. The zero-order valence-corrected chi connectivity index (χ0v) is 12.4. The second-order valence-corrected chi connectivity index (χ2v) is 6.36. The van der Waals surface area contributed by atoms with Crippen molar-refractivity contribution in [2.45, 2.75) is 32.5 Å². The number of nitrogens with one attached hydrogen (secondary N) is 3. The van der Waals surface area contributed by atoms with Gasteiger partial charge in [-0.05, 0) is 23.1 Å². The van der Waals surface area contributed by atoms with Crippen LogP contribution in [0, 0.1) is 0 Å². The molecule has 1 saturated heterocycles. The van der Waals surface area contributed by atoms with Crippen LogP contribution in [0.2, 0.25) is 10.0 Å². The predicted molar refractivity (Wildman–Crippen MR) is 78.6 cm³/mol. The first-order valence-electron chi connectivity index (χ1n) is 6.11. The molecule has 1 aliphatic rings. The highest BCUT2D eigenvalue weighted by Gasteiger charge is 2.20. The first-order valence-corrected chi connectivity index (χ1v) is 6.86. The molecule has 0 amide bonds. The highest BCUT2D eigenvalue weighted by molar-refractivity contribution is 6.39. The van der Waals surface area contributed by atoms with Gasteiger partial charge in [0.25, 0.3) is 0 Å². The molecule has 5 heteroatoms. The van der Waals surface area contributed by atoms with Gasteiger partial charge in [-0.3, -0.25) is 10.6 Å². The smallest absolute Gasteiger partial charge is 0.132 e. The zero-order chi connectivity index (χ0) is 13.3. The van der Waals surface area contributed by atoms with E-state index < -0.39 is 0 Å². The molecule has 100 valence electrons. The minimum atomic E-state index is 0.0282. The van der Waals surface area contributed by atoms with E-state index in [9.17, 15) is 0 Å². The Morgan fingerprint density at radius 2 is 1.61 bits per heavy atom. The first kappa shape index (κ1) is 13.9. The lowest BCUT2D eigenvalue weighted by atomic mass is 9.87. The van der Waals surface area contributed by atoms with Crippen LogP contribution in [-0.4, -0.2) is 19.4 Å². The molecule has 0 aromatic heterocycles. The van der Waals surface area contributed by atoms with Gasteiger partial charge in [-0.15, -0.1) is 0 Å². The number of anilines is 1. The highest BCUT2D eigenvalue weighted by Crippen LogP contribution is 2.36. The molecule has 0 unspecified atom stereocenters. The molecule has 1 aliphatic heterocycles. The maximum absolute atomic E-state index is 6.32. The van der Waals surface area contributed by atoms with Gasteiger partial charge in [0, 0.05) is 13.1 Å². The lowest BCUT2D eigenvalue weighted by Gasteiger charge is -2.23. The summed E-state index contributed by atoms with van der Waals surface area (Å²) >= 11 is 12.6. The zero-order valence-electron chi connectivity index (χ0n) is 10.9. The monoisotopic (exact) mass is 287 g/mol. The minimum absolute atomic E-state index is 0.0282. The van der Waals surface area contributed by atoms with Crippen LogP contribution in [0.15, 0.2) is 12.1 Å². The standard InChI is InChI=1S/C13H19Cl2N3/c1-13(2,3)8-6-9(14)11(10(15)7-8)18-12-16-4-5-17-12/h6-7,12,16-18H,4-5H2,1-3H3. The average molecular weight is 288 g/mol. The third kappa shape index (κ3) is 3.09. The number of benzene rings is 1. The van der Waals surface area contributed by atoms with E-state index in [-0.39, 0.29) is 11.7 Å². The molecule has 0 saturated carbocycles. The van der Waals surface area contributed by atoms with Crippen LogP contribution in [-0.2, 0) is 5.41 Å². The van der Waals surface area contributed by atoms with Crippen molar-refractivity contribution >= 4 is 28.9 Å². The van der Waals surface area contributed by atoms with Gasteiger partial charge in [-0.1, -0.05) is 44.0 Å².